The number of carbonyl (C=O) groups is 1. The van der Waals surface area contributed by atoms with Gasteiger partial charge in [-0.3, -0.25) is 4.79 Å². The molecule has 0 saturated heterocycles. The van der Waals surface area contributed by atoms with Crippen LogP contribution in [0.3, 0.4) is 0 Å². The fourth-order valence-corrected chi connectivity index (χ4v) is 3.59. The van der Waals surface area contributed by atoms with Crippen molar-refractivity contribution in [3.05, 3.63) is 59.9 Å². The topological polar surface area (TPSA) is 87.3 Å². The lowest BCUT2D eigenvalue weighted by molar-refractivity contribution is -0.117. The minimum absolute atomic E-state index is 0. The van der Waals surface area contributed by atoms with Gasteiger partial charge in [0, 0.05) is 12.2 Å². The SMILES string of the molecule is CCNCc1ccccc1NC(=O)C(C)NS(=O)(=O)c1ccccc1F.Cl. The van der Waals surface area contributed by atoms with E-state index in [0.29, 0.717) is 12.2 Å². The molecule has 6 nitrogen and oxygen atoms in total. The average Bonchev–Trinajstić information content (AvgIpc) is 2.60. The highest BCUT2D eigenvalue weighted by Crippen LogP contribution is 2.16. The average molecular weight is 416 g/mol. The zero-order valence-corrected chi connectivity index (χ0v) is 16.7. The van der Waals surface area contributed by atoms with Crippen molar-refractivity contribution in [1.82, 2.24) is 10.0 Å². The van der Waals surface area contributed by atoms with Gasteiger partial charge in [-0.05, 0) is 37.2 Å². The predicted molar refractivity (Wildman–Crippen MR) is 106 cm³/mol. The molecule has 0 radical (unpaired) electrons. The summed E-state index contributed by atoms with van der Waals surface area (Å²) in [5.41, 5.74) is 1.47. The van der Waals surface area contributed by atoms with Crippen LogP contribution in [0.4, 0.5) is 10.1 Å². The smallest absolute Gasteiger partial charge is 0.244 e. The second-order valence-corrected chi connectivity index (χ2v) is 7.38. The Bertz CT molecular complexity index is 878. The Labute approximate surface area is 165 Å². The zero-order valence-electron chi connectivity index (χ0n) is 15.0. The van der Waals surface area contributed by atoms with E-state index >= 15 is 0 Å². The molecule has 0 aliphatic heterocycles. The van der Waals surface area contributed by atoms with E-state index in [1.807, 2.05) is 19.1 Å². The van der Waals surface area contributed by atoms with Crippen molar-refractivity contribution in [3.63, 3.8) is 0 Å². The molecule has 0 spiro atoms. The number of anilines is 1. The number of hydrogen-bond acceptors (Lipinski definition) is 4. The van der Waals surface area contributed by atoms with E-state index in [4.69, 9.17) is 0 Å². The van der Waals surface area contributed by atoms with Crippen molar-refractivity contribution < 1.29 is 17.6 Å². The van der Waals surface area contributed by atoms with Gasteiger partial charge in [0.1, 0.15) is 10.7 Å². The van der Waals surface area contributed by atoms with E-state index in [1.54, 1.807) is 12.1 Å². The monoisotopic (exact) mass is 415 g/mol. The van der Waals surface area contributed by atoms with Gasteiger partial charge in [-0.15, -0.1) is 12.4 Å². The normalized spacial score (nSPS) is 12.1. The Morgan fingerprint density at radius 1 is 1.11 bits per heavy atom. The highest BCUT2D eigenvalue weighted by atomic mass is 35.5. The summed E-state index contributed by atoms with van der Waals surface area (Å²) in [4.78, 5) is 11.9. The highest BCUT2D eigenvalue weighted by molar-refractivity contribution is 7.89. The number of amides is 1. The second-order valence-electron chi connectivity index (χ2n) is 5.70. The van der Waals surface area contributed by atoms with Gasteiger partial charge in [-0.25, -0.2) is 12.8 Å². The highest BCUT2D eigenvalue weighted by Gasteiger charge is 2.24. The van der Waals surface area contributed by atoms with Gasteiger partial charge in [0.2, 0.25) is 15.9 Å². The molecular weight excluding hydrogens is 393 g/mol. The van der Waals surface area contributed by atoms with Crippen molar-refractivity contribution in [3.8, 4) is 0 Å². The minimum atomic E-state index is -4.15. The third-order valence-electron chi connectivity index (χ3n) is 3.69. The van der Waals surface area contributed by atoms with E-state index in [9.17, 15) is 17.6 Å². The van der Waals surface area contributed by atoms with Gasteiger partial charge < -0.3 is 10.6 Å². The van der Waals surface area contributed by atoms with Gasteiger partial charge in [0.15, 0.2) is 0 Å². The van der Waals surface area contributed by atoms with Gasteiger partial charge in [-0.1, -0.05) is 37.3 Å². The number of benzene rings is 2. The first-order valence-corrected chi connectivity index (χ1v) is 9.70. The summed E-state index contributed by atoms with van der Waals surface area (Å²) in [6.45, 7) is 4.73. The molecule has 1 unspecified atom stereocenters. The molecule has 0 heterocycles. The molecule has 1 amide bonds. The number of rotatable bonds is 8. The molecule has 3 N–H and O–H groups in total. The standard InChI is InChI=1S/C18H22FN3O3S.ClH/c1-3-20-12-14-8-4-6-10-16(14)21-18(23)13(2)22-26(24,25)17-11-7-5-9-15(17)19;/h4-11,13,20,22H,3,12H2,1-2H3,(H,21,23);1H. The van der Waals surface area contributed by atoms with Crippen LogP contribution in [0, 0.1) is 5.82 Å². The van der Waals surface area contributed by atoms with E-state index in [-0.39, 0.29) is 12.4 Å². The van der Waals surface area contributed by atoms with Crippen molar-refractivity contribution in [2.45, 2.75) is 31.3 Å². The summed E-state index contributed by atoms with van der Waals surface area (Å²) in [5, 5.41) is 5.88. The third kappa shape index (κ3) is 6.28. The van der Waals surface area contributed by atoms with Crippen LogP contribution >= 0.6 is 12.4 Å². The quantitative estimate of drug-likeness (QED) is 0.618. The van der Waals surface area contributed by atoms with Crippen LogP contribution in [0.15, 0.2) is 53.4 Å². The second kappa shape index (κ2) is 10.4. The van der Waals surface area contributed by atoms with Crippen LogP contribution in [0.5, 0.6) is 0 Å². The Morgan fingerprint density at radius 3 is 2.41 bits per heavy atom. The number of carbonyl (C=O) groups excluding carboxylic acids is 1. The summed E-state index contributed by atoms with van der Waals surface area (Å²) in [6, 6.07) is 11.2. The Hall–Kier alpha value is -2.00. The van der Waals surface area contributed by atoms with Crippen molar-refractivity contribution >= 4 is 34.0 Å². The fourth-order valence-electron chi connectivity index (χ4n) is 2.31. The summed E-state index contributed by atoms with van der Waals surface area (Å²) in [7, 11) is -4.15. The fraction of sp³-hybridized carbons (Fsp3) is 0.278. The first-order chi connectivity index (χ1) is 12.3. The first kappa shape index (κ1) is 23.0. The molecule has 0 fully saturated rings. The van der Waals surface area contributed by atoms with Crippen LogP contribution in [-0.2, 0) is 21.4 Å². The Kier molecular flexibility index (Phi) is 8.84. The lowest BCUT2D eigenvalue weighted by Crippen LogP contribution is -2.41. The largest absolute Gasteiger partial charge is 0.324 e. The molecule has 0 aromatic heterocycles. The van der Waals surface area contributed by atoms with Crippen LogP contribution in [0.2, 0.25) is 0 Å². The van der Waals surface area contributed by atoms with Crippen molar-refractivity contribution in [2.75, 3.05) is 11.9 Å². The van der Waals surface area contributed by atoms with Gasteiger partial charge in [0.05, 0.1) is 6.04 Å². The molecule has 0 bridgehead atoms. The zero-order chi connectivity index (χ0) is 19.2. The number of halogens is 2. The molecular formula is C18H23ClFN3O3S. The molecule has 27 heavy (non-hydrogen) atoms. The van der Waals surface area contributed by atoms with Crippen LogP contribution in [0.25, 0.3) is 0 Å². The lowest BCUT2D eigenvalue weighted by atomic mass is 10.1. The van der Waals surface area contributed by atoms with Crippen molar-refractivity contribution in [1.29, 1.82) is 0 Å². The molecule has 148 valence electrons. The summed E-state index contributed by atoms with van der Waals surface area (Å²) in [6.07, 6.45) is 0. The van der Waals surface area contributed by atoms with Crippen LogP contribution < -0.4 is 15.4 Å². The molecule has 9 heteroatoms. The van der Waals surface area contributed by atoms with Gasteiger partial charge in [-0.2, -0.15) is 4.72 Å². The summed E-state index contributed by atoms with van der Waals surface area (Å²) in [5.74, 6) is -1.41. The van der Waals surface area contributed by atoms with E-state index in [0.717, 1.165) is 24.2 Å². The predicted octanol–water partition coefficient (Wildman–Crippen LogP) is 2.66. The van der Waals surface area contributed by atoms with Crippen molar-refractivity contribution in [2.24, 2.45) is 0 Å². The van der Waals surface area contributed by atoms with Gasteiger partial charge >= 0.3 is 0 Å². The van der Waals surface area contributed by atoms with E-state index in [1.165, 1.54) is 19.1 Å². The van der Waals surface area contributed by atoms with E-state index in [2.05, 4.69) is 15.4 Å². The Balaban J connectivity index is 0.00000364. The maximum Gasteiger partial charge on any atom is 0.244 e. The number of sulfonamides is 1. The number of nitrogens with one attached hydrogen (secondary N) is 3. The Morgan fingerprint density at radius 2 is 1.74 bits per heavy atom. The lowest BCUT2D eigenvalue weighted by Gasteiger charge is -2.16. The third-order valence-corrected chi connectivity index (χ3v) is 5.27. The molecule has 2 aromatic carbocycles. The van der Waals surface area contributed by atoms with Gasteiger partial charge in [0.25, 0.3) is 0 Å². The molecule has 1 atom stereocenters. The molecule has 2 aromatic rings. The van der Waals surface area contributed by atoms with Crippen LogP contribution in [-0.4, -0.2) is 26.9 Å². The number of para-hydroxylation sites is 1. The minimum Gasteiger partial charge on any atom is -0.324 e. The molecule has 2 rings (SSSR count). The summed E-state index contributed by atoms with van der Waals surface area (Å²) >= 11 is 0. The first-order valence-electron chi connectivity index (χ1n) is 8.21. The summed E-state index contributed by atoms with van der Waals surface area (Å²) < 4.78 is 40.5. The van der Waals surface area contributed by atoms with E-state index < -0.39 is 32.7 Å². The van der Waals surface area contributed by atoms with Crippen LogP contribution in [0.1, 0.15) is 19.4 Å². The number of hydrogen-bond donors (Lipinski definition) is 3. The molecule has 0 aliphatic rings. The molecule has 0 aliphatic carbocycles. The maximum absolute atomic E-state index is 13.7. The molecule has 0 saturated carbocycles. The maximum atomic E-state index is 13.7.